The summed E-state index contributed by atoms with van der Waals surface area (Å²) in [4.78, 5) is 30.5. The van der Waals surface area contributed by atoms with Crippen LogP contribution < -0.4 is 9.62 Å². The maximum Gasteiger partial charge on any atom is 0.264 e. The zero-order chi connectivity index (χ0) is 34.3. The average molecular weight is 670 g/mol. The number of nitrogens with one attached hydrogen (secondary N) is 1. The summed E-state index contributed by atoms with van der Waals surface area (Å²) in [5, 5.41) is 3.21. The second-order valence-electron chi connectivity index (χ2n) is 12.7. The van der Waals surface area contributed by atoms with Gasteiger partial charge in [-0.05, 0) is 86.2 Å². The molecule has 0 radical (unpaired) electrons. The van der Waals surface area contributed by atoms with E-state index >= 15 is 0 Å². The van der Waals surface area contributed by atoms with Gasteiger partial charge in [0.05, 0.1) is 10.6 Å². The van der Waals surface area contributed by atoms with Crippen molar-refractivity contribution in [3.63, 3.8) is 0 Å². The highest BCUT2D eigenvalue weighted by Gasteiger charge is 2.36. The molecule has 0 aliphatic heterocycles. The van der Waals surface area contributed by atoms with Crippen LogP contribution in [0.4, 0.5) is 10.1 Å². The topological polar surface area (TPSA) is 86.8 Å². The Bertz CT molecular complexity index is 1810. The molecule has 48 heavy (non-hydrogen) atoms. The third kappa shape index (κ3) is 8.50. The summed E-state index contributed by atoms with van der Waals surface area (Å²) in [5.41, 5.74) is 4.37. The van der Waals surface area contributed by atoms with Crippen LogP contribution in [0.1, 0.15) is 59.9 Å². The zero-order valence-corrected chi connectivity index (χ0v) is 28.7. The number of sulfonamides is 1. The molecule has 0 spiro atoms. The van der Waals surface area contributed by atoms with Crippen LogP contribution >= 0.6 is 0 Å². The van der Waals surface area contributed by atoms with Crippen molar-refractivity contribution in [2.24, 2.45) is 0 Å². The molecule has 1 fully saturated rings. The Kier molecular flexibility index (Phi) is 11.3. The van der Waals surface area contributed by atoms with Gasteiger partial charge < -0.3 is 10.2 Å². The molecule has 1 aliphatic carbocycles. The van der Waals surface area contributed by atoms with Gasteiger partial charge in [0.25, 0.3) is 10.0 Å². The van der Waals surface area contributed by atoms with Gasteiger partial charge >= 0.3 is 0 Å². The van der Waals surface area contributed by atoms with E-state index in [2.05, 4.69) is 5.32 Å². The SMILES string of the molecule is Cc1ccc(S(=O)(=O)N(CC(=O)N(Cc2ccc(F)cc2)[C@@H](Cc2ccccc2)C(=O)NC2CCCCC2)c2cccc(C)c2C)cc1. The van der Waals surface area contributed by atoms with Crippen molar-refractivity contribution in [2.45, 2.75) is 82.8 Å². The Morgan fingerprint density at radius 1 is 0.812 bits per heavy atom. The predicted octanol–water partition coefficient (Wildman–Crippen LogP) is 7.04. The molecule has 1 atom stereocenters. The van der Waals surface area contributed by atoms with Gasteiger partial charge in [-0.1, -0.05) is 91.6 Å². The third-order valence-electron chi connectivity index (χ3n) is 9.22. The maximum atomic E-state index is 14.7. The van der Waals surface area contributed by atoms with Crippen LogP contribution in [0.2, 0.25) is 0 Å². The summed E-state index contributed by atoms with van der Waals surface area (Å²) in [6.45, 7) is 5.05. The molecule has 1 N–H and O–H groups in total. The number of amides is 2. The van der Waals surface area contributed by atoms with E-state index in [1.54, 1.807) is 48.5 Å². The Morgan fingerprint density at radius 2 is 1.48 bits per heavy atom. The van der Waals surface area contributed by atoms with Crippen molar-refractivity contribution in [1.29, 1.82) is 0 Å². The monoisotopic (exact) mass is 669 g/mol. The van der Waals surface area contributed by atoms with E-state index in [1.165, 1.54) is 17.0 Å². The minimum absolute atomic E-state index is 0.000605. The molecule has 2 amide bonds. The van der Waals surface area contributed by atoms with Crippen LogP contribution in [-0.4, -0.2) is 43.8 Å². The Hall–Kier alpha value is -4.50. The predicted molar refractivity (Wildman–Crippen MR) is 188 cm³/mol. The highest BCUT2D eigenvalue weighted by atomic mass is 32.2. The van der Waals surface area contributed by atoms with Gasteiger partial charge in [-0.3, -0.25) is 13.9 Å². The lowest BCUT2D eigenvalue weighted by Gasteiger charge is -2.35. The lowest BCUT2D eigenvalue weighted by Crippen LogP contribution is -2.55. The molecule has 5 rings (SSSR count). The lowest BCUT2D eigenvalue weighted by atomic mass is 9.94. The maximum absolute atomic E-state index is 14.7. The second-order valence-corrected chi connectivity index (χ2v) is 14.6. The number of hydrogen-bond acceptors (Lipinski definition) is 4. The summed E-state index contributed by atoms with van der Waals surface area (Å²) in [6.07, 6.45) is 5.12. The Morgan fingerprint density at radius 3 is 2.15 bits per heavy atom. The van der Waals surface area contributed by atoms with E-state index < -0.39 is 34.3 Å². The van der Waals surface area contributed by atoms with E-state index in [0.717, 1.165) is 58.7 Å². The first-order chi connectivity index (χ1) is 23.0. The molecule has 9 heteroatoms. The molecule has 0 bridgehead atoms. The van der Waals surface area contributed by atoms with Crippen LogP contribution in [0, 0.1) is 26.6 Å². The molecule has 1 saturated carbocycles. The smallest absolute Gasteiger partial charge is 0.264 e. The van der Waals surface area contributed by atoms with Crippen LogP contribution in [0.5, 0.6) is 0 Å². The molecule has 0 heterocycles. The fourth-order valence-electron chi connectivity index (χ4n) is 6.24. The fourth-order valence-corrected chi connectivity index (χ4v) is 7.71. The molecule has 4 aromatic rings. The van der Waals surface area contributed by atoms with Gasteiger partial charge in [0, 0.05) is 19.0 Å². The molecule has 252 valence electrons. The number of aryl methyl sites for hydroxylation is 2. The summed E-state index contributed by atoms with van der Waals surface area (Å²) < 4.78 is 43.8. The van der Waals surface area contributed by atoms with Gasteiger partial charge in [0.2, 0.25) is 11.8 Å². The Balaban J connectivity index is 1.58. The van der Waals surface area contributed by atoms with Crippen LogP contribution in [0.15, 0.2) is 102 Å². The van der Waals surface area contributed by atoms with Gasteiger partial charge in [0.1, 0.15) is 18.4 Å². The van der Waals surface area contributed by atoms with E-state index in [4.69, 9.17) is 0 Å². The molecule has 0 aromatic heterocycles. The van der Waals surface area contributed by atoms with Gasteiger partial charge in [-0.25, -0.2) is 12.8 Å². The number of nitrogens with zero attached hydrogens (tertiary/aromatic N) is 2. The average Bonchev–Trinajstić information content (AvgIpc) is 3.08. The summed E-state index contributed by atoms with van der Waals surface area (Å²) in [5.74, 6) is -1.26. The lowest BCUT2D eigenvalue weighted by molar-refractivity contribution is -0.140. The first-order valence-corrected chi connectivity index (χ1v) is 18.0. The van der Waals surface area contributed by atoms with E-state index in [-0.39, 0.29) is 29.8 Å². The third-order valence-corrected chi connectivity index (χ3v) is 11.0. The van der Waals surface area contributed by atoms with E-state index in [0.29, 0.717) is 11.3 Å². The molecular formula is C39H44FN3O4S. The molecule has 7 nitrogen and oxygen atoms in total. The summed E-state index contributed by atoms with van der Waals surface area (Å²) >= 11 is 0. The second kappa shape index (κ2) is 15.6. The molecule has 1 aliphatic rings. The Labute approximate surface area is 283 Å². The number of hydrogen-bond donors (Lipinski definition) is 1. The van der Waals surface area contributed by atoms with Gasteiger partial charge in [-0.15, -0.1) is 0 Å². The number of anilines is 1. The minimum atomic E-state index is -4.21. The number of halogens is 1. The fraction of sp³-hybridized carbons (Fsp3) is 0.333. The van der Waals surface area contributed by atoms with Crippen LogP contribution in [-0.2, 0) is 32.6 Å². The standard InChI is InChI=1S/C39H44FN3O4S/c1-28-17-23-35(24-18-28)48(46,47)43(36-16-10-11-29(2)30(36)3)27-38(44)42(26-32-19-21-33(40)22-20-32)37(25-31-12-6-4-7-13-31)39(45)41-34-14-8-5-9-15-34/h4,6-7,10-13,16-24,34,37H,5,8-9,14-15,25-27H2,1-3H3,(H,41,45)/t37-/m0/s1. The quantitative estimate of drug-likeness (QED) is 0.176. The van der Waals surface area contributed by atoms with Crippen LogP contribution in [0.25, 0.3) is 0 Å². The largest absolute Gasteiger partial charge is 0.352 e. The molecular weight excluding hydrogens is 626 g/mol. The van der Waals surface area contributed by atoms with Gasteiger partial charge in [0.15, 0.2) is 0 Å². The van der Waals surface area contributed by atoms with Crippen molar-refractivity contribution < 1.29 is 22.4 Å². The molecule has 4 aromatic carbocycles. The number of carbonyl (C=O) groups excluding carboxylic acids is 2. The highest BCUT2D eigenvalue weighted by molar-refractivity contribution is 7.92. The number of carbonyl (C=O) groups is 2. The first kappa shape index (κ1) is 34.8. The molecule has 0 saturated heterocycles. The highest BCUT2D eigenvalue weighted by Crippen LogP contribution is 2.30. The summed E-state index contributed by atoms with van der Waals surface area (Å²) in [7, 11) is -4.21. The van der Waals surface area contributed by atoms with E-state index in [9.17, 15) is 22.4 Å². The molecule has 0 unspecified atom stereocenters. The van der Waals surface area contributed by atoms with Crippen LogP contribution in [0.3, 0.4) is 0 Å². The van der Waals surface area contributed by atoms with Crippen molar-refractivity contribution in [3.05, 3.63) is 131 Å². The zero-order valence-electron chi connectivity index (χ0n) is 27.9. The van der Waals surface area contributed by atoms with E-state index in [1.807, 2.05) is 57.2 Å². The minimum Gasteiger partial charge on any atom is -0.352 e. The summed E-state index contributed by atoms with van der Waals surface area (Å²) in [6, 6.07) is 26.2. The van der Waals surface area contributed by atoms with Crippen molar-refractivity contribution in [2.75, 3.05) is 10.8 Å². The number of rotatable bonds is 12. The van der Waals surface area contributed by atoms with Crippen molar-refractivity contribution >= 4 is 27.5 Å². The van der Waals surface area contributed by atoms with Gasteiger partial charge in [-0.2, -0.15) is 0 Å². The van der Waals surface area contributed by atoms with Crippen molar-refractivity contribution in [1.82, 2.24) is 10.2 Å². The number of benzene rings is 4. The normalized spacial score (nSPS) is 14.2. The first-order valence-electron chi connectivity index (χ1n) is 16.6. The van der Waals surface area contributed by atoms with Crippen molar-refractivity contribution in [3.8, 4) is 0 Å².